The maximum absolute atomic E-state index is 4.65. The fourth-order valence-electron chi connectivity index (χ4n) is 3.77. The zero-order valence-electron chi connectivity index (χ0n) is 11.9. The molecule has 1 unspecified atom stereocenters. The van der Waals surface area contributed by atoms with Crippen LogP contribution in [0.25, 0.3) is 0 Å². The highest BCUT2D eigenvalue weighted by Crippen LogP contribution is 2.40. The summed E-state index contributed by atoms with van der Waals surface area (Å²) in [5.74, 6) is 0.794. The second-order valence-electron chi connectivity index (χ2n) is 6.68. The van der Waals surface area contributed by atoms with E-state index in [0.717, 1.165) is 12.5 Å². The fraction of sp³-hybridized carbons (Fsp3) is 0.800. The highest BCUT2D eigenvalue weighted by Gasteiger charge is 2.40. The summed E-state index contributed by atoms with van der Waals surface area (Å²) in [7, 11) is 0. The largest absolute Gasteiger partial charge is 0.316 e. The molecule has 4 rings (SSSR count). The molecule has 0 radical (unpaired) electrons. The van der Waals surface area contributed by atoms with E-state index in [0.29, 0.717) is 5.41 Å². The SMILES string of the molecule is Cl.c1nc(C2CCC2)sc1CN1CCC2(CCNC2)C1. The Morgan fingerprint density at radius 3 is 3.00 bits per heavy atom. The molecule has 1 aromatic rings. The van der Waals surface area contributed by atoms with Crippen LogP contribution in [0.2, 0.25) is 0 Å². The van der Waals surface area contributed by atoms with Gasteiger partial charge in [-0.2, -0.15) is 0 Å². The summed E-state index contributed by atoms with van der Waals surface area (Å²) < 4.78 is 0. The van der Waals surface area contributed by atoms with Gasteiger partial charge in [0.25, 0.3) is 0 Å². The van der Waals surface area contributed by atoms with E-state index in [-0.39, 0.29) is 12.4 Å². The van der Waals surface area contributed by atoms with Crippen molar-refractivity contribution in [3.8, 4) is 0 Å². The van der Waals surface area contributed by atoms with E-state index in [9.17, 15) is 0 Å². The molecule has 0 bridgehead atoms. The van der Waals surface area contributed by atoms with E-state index in [2.05, 4.69) is 21.4 Å². The van der Waals surface area contributed by atoms with Gasteiger partial charge in [0.1, 0.15) is 0 Å². The quantitative estimate of drug-likeness (QED) is 0.930. The molecule has 3 heterocycles. The number of nitrogens with zero attached hydrogens (tertiary/aromatic N) is 2. The van der Waals surface area contributed by atoms with Crippen LogP contribution in [0.4, 0.5) is 0 Å². The molecule has 1 atom stereocenters. The highest BCUT2D eigenvalue weighted by molar-refractivity contribution is 7.11. The van der Waals surface area contributed by atoms with E-state index in [4.69, 9.17) is 0 Å². The molecule has 3 nitrogen and oxygen atoms in total. The third-order valence-corrected chi connectivity index (χ3v) is 6.40. The highest BCUT2D eigenvalue weighted by atomic mass is 35.5. The average Bonchev–Trinajstić information content (AvgIpc) is 3.03. The van der Waals surface area contributed by atoms with E-state index in [1.807, 2.05) is 11.3 Å². The average molecular weight is 314 g/mol. The molecule has 1 N–H and O–H groups in total. The Balaban J connectivity index is 0.00000121. The Kier molecular flexibility index (Phi) is 4.37. The van der Waals surface area contributed by atoms with E-state index < -0.39 is 0 Å². The van der Waals surface area contributed by atoms with Crippen molar-refractivity contribution in [1.29, 1.82) is 0 Å². The van der Waals surface area contributed by atoms with Crippen LogP contribution in [0.15, 0.2) is 6.20 Å². The second kappa shape index (κ2) is 5.91. The standard InChI is InChI=1S/C15H23N3S.ClH/c1-2-12(3-1)14-17-8-13(19-14)9-18-7-5-15(11-18)4-6-16-10-15;/h8,12,16H,1-7,9-11H2;1H. The fourth-order valence-corrected chi connectivity index (χ4v) is 4.90. The normalized spacial score (nSPS) is 30.6. The van der Waals surface area contributed by atoms with Gasteiger partial charge in [0.15, 0.2) is 0 Å². The van der Waals surface area contributed by atoms with Crippen LogP contribution >= 0.6 is 23.7 Å². The third kappa shape index (κ3) is 2.76. The van der Waals surface area contributed by atoms with Gasteiger partial charge in [-0.1, -0.05) is 6.42 Å². The molecule has 112 valence electrons. The summed E-state index contributed by atoms with van der Waals surface area (Å²) in [5.41, 5.74) is 0.599. The summed E-state index contributed by atoms with van der Waals surface area (Å²) in [6.07, 6.45) is 9.03. The van der Waals surface area contributed by atoms with Crippen molar-refractivity contribution in [1.82, 2.24) is 15.2 Å². The van der Waals surface area contributed by atoms with Crippen LogP contribution < -0.4 is 5.32 Å². The zero-order valence-corrected chi connectivity index (χ0v) is 13.6. The van der Waals surface area contributed by atoms with Gasteiger partial charge in [0, 0.05) is 36.6 Å². The van der Waals surface area contributed by atoms with Crippen LogP contribution in [0, 0.1) is 5.41 Å². The number of hydrogen-bond acceptors (Lipinski definition) is 4. The predicted octanol–water partition coefficient (Wildman–Crippen LogP) is 3.02. The first-order valence-corrected chi connectivity index (χ1v) is 8.52. The molecule has 5 heteroatoms. The van der Waals surface area contributed by atoms with Crippen LogP contribution in [-0.2, 0) is 6.54 Å². The molecule has 3 fully saturated rings. The van der Waals surface area contributed by atoms with Crippen LogP contribution in [0.3, 0.4) is 0 Å². The van der Waals surface area contributed by atoms with Crippen LogP contribution in [0.5, 0.6) is 0 Å². The van der Waals surface area contributed by atoms with Crippen LogP contribution in [0.1, 0.15) is 47.9 Å². The van der Waals surface area contributed by atoms with Gasteiger partial charge in [-0.3, -0.25) is 4.90 Å². The molecule has 1 aliphatic carbocycles. The minimum Gasteiger partial charge on any atom is -0.316 e. The van der Waals surface area contributed by atoms with Crippen LogP contribution in [-0.4, -0.2) is 36.1 Å². The first-order valence-electron chi connectivity index (χ1n) is 7.71. The zero-order chi connectivity index (χ0) is 12.7. The number of aromatic nitrogens is 1. The topological polar surface area (TPSA) is 28.2 Å². The monoisotopic (exact) mass is 313 g/mol. The van der Waals surface area contributed by atoms with Crippen molar-refractivity contribution in [3.05, 3.63) is 16.1 Å². The van der Waals surface area contributed by atoms with Crippen molar-refractivity contribution < 1.29 is 0 Å². The van der Waals surface area contributed by atoms with E-state index in [1.54, 1.807) is 0 Å². The summed E-state index contributed by atoms with van der Waals surface area (Å²) >= 11 is 1.97. The predicted molar refractivity (Wildman–Crippen MR) is 85.8 cm³/mol. The maximum atomic E-state index is 4.65. The van der Waals surface area contributed by atoms with E-state index >= 15 is 0 Å². The Labute approximate surface area is 131 Å². The lowest BCUT2D eigenvalue weighted by atomic mass is 9.86. The van der Waals surface area contributed by atoms with Gasteiger partial charge < -0.3 is 5.32 Å². The number of nitrogens with one attached hydrogen (secondary N) is 1. The molecular formula is C15H24ClN3S. The minimum absolute atomic E-state index is 0. The summed E-state index contributed by atoms with van der Waals surface area (Å²) in [5, 5.41) is 4.94. The van der Waals surface area contributed by atoms with Gasteiger partial charge in [-0.05, 0) is 44.2 Å². The maximum Gasteiger partial charge on any atom is 0.0959 e. The number of thiazole rings is 1. The lowest BCUT2D eigenvalue weighted by Gasteiger charge is -2.23. The molecule has 2 aliphatic heterocycles. The lowest BCUT2D eigenvalue weighted by molar-refractivity contribution is 0.270. The van der Waals surface area contributed by atoms with Gasteiger partial charge in [0.2, 0.25) is 0 Å². The molecule has 0 amide bonds. The Morgan fingerprint density at radius 1 is 1.40 bits per heavy atom. The van der Waals surface area contributed by atoms with Crippen molar-refractivity contribution in [2.24, 2.45) is 5.41 Å². The van der Waals surface area contributed by atoms with Gasteiger partial charge in [-0.25, -0.2) is 4.98 Å². The van der Waals surface area contributed by atoms with Gasteiger partial charge in [0.05, 0.1) is 5.01 Å². The number of rotatable bonds is 3. The number of halogens is 1. The summed E-state index contributed by atoms with van der Waals surface area (Å²) in [4.78, 5) is 8.77. The molecule has 1 spiro atoms. The Bertz CT molecular complexity index is 452. The number of likely N-dealkylation sites (tertiary alicyclic amines) is 1. The Hall–Kier alpha value is -0.160. The summed E-state index contributed by atoms with van der Waals surface area (Å²) in [6.45, 7) is 6.15. The van der Waals surface area contributed by atoms with Crippen molar-refractivity contribution in [3.63, 3.8) is 0 Å². The molecule has 0 aromatic carbocycles. The molecule has 20 heavy (non-hydrogen) atoms. The number of hydrogen-bond donors (Lipinski definition) is 1. The minimum atomic E-state index is 0. The lowest BCUT2D eigenvalue weighted by Crippen LogP contribution is -2.28. The second-order valence-corrected chi connectivity index (χ2v) is 7.83. The summed E-state index contributed by atoms with van der Waals surface area (Å²) in [6, 6.07) is 0. The van der Waals surface area contributed by atoms with Gasteiger partial charge >= 0.3 is 0 Å². The molecule has 3 aliphatic rings. The van der Waals surface area contributed by atoms with Crippen molar-refractivity contribution in [2.45, 2.75) is 44.6 Å². The first-order chi connectivity index (χ1) is 9.33. The molecule has 2 saturated heterocycles. The van der Waals surface area contributed by atoms with E-state index in [1.165, 1.54) is 68.2 Å². The van der Waals surface area contributed by atoms with Gasteiger partial charge in [-0.15, -0.1) is 23.7 Å². The van der Waals surface area contributed by atoms with Crippen molar-refractivity contribution >= 4 is 23.7 Å². The first kappa shape index (κ1) is 14.8. The molecule has 1 saturated carbocycles. The molecular weight excluding hydrogens is 290 g/mol. The Morgan fingerprint density at radius 2 is 2.30 bits per heavy atom. The molecule has 1 aromatic heterocycles. The van der Waals surface area contributed by atoms with Crippen molar-refractivity contribution in [2.75, 3.05) is 26.2 Å². The smallest absolute Gasteiger partial charge is 0.0959 e. The third-order valence-electron chi connectivity index (χ3n) is 5.25.